The highest BCUT2D eigenvalue weighted by Crippen LogP contribution is 2.33. The Labute approximate surface area is 170 Å². The number of aliphatic hydroxyl groups excluding tert-OH is 1. The van der Waals surface area contributed by atoms with Crippen LogP contribution in [0.25, 0.3) is 10.9 Å². The van der Waals surface area contributed by atoms with Crippen molar-refractivity contribution in [3.8, 4) is 0 Å². The Hall–Kier alpha value is -2.63. The lowest BCUT2D eigenvalue weighted by atomic mass is 9.90. The number of rotatable bonds is 4. The second-order valence-corrected chi connectivity index (χ2v) is 8.25. The molecule has 0 radical (unpaired) electrons. The van der Waals surface area contributed by atoms with Gasteiger partial charge in [-0.2, -0.15) is 0 Å². The standard InChI is InChI=1S/C24H28N2O3/c1-13-14(2)16(4)21-11-17(10-20(21)15(13)3)25-12-23(27)19-6-5-7-22-18(19)8-9-24(28)26(22)29/h5-9,17,23,25,27,29H,10-12H2,1-4H3/t23-/m1/s1. The van der Waals surface area contributed by atoms with Crippen LogP contribution in [0.3, 0.4) is 0 Å². The number of nitrogens with one attached hydrogen (secondary N) is 1. The van der Waals surface area contributed by atoms with Crippen LogP contribution in [-0.4, -0.2) is 27.6 Å². The van der Waals surface area contributed by atoms with Gasteiger partial charge >= 0.3 is 0 Å². The lowest BCUT2D eigenvalue weighted by Crippen LogP contribution is -2.33. The fourth-order valence-electron chi connectivity index (χ4n) is 4.69. The van der Waals surface area contributed by atoms with Gasteiger partial charge in [0.05, 0.1) is 11.6 Å². The van der Waals surface area contributed by atoms with E-state index in [1.807, 2.05) is 6.07 Å². The Kier molecular flexibility index (Phi) is 4.97. The van der Waals surface area contributed by atoms with Gasteiger partial charge in [-0.05, 0) is 91.6 Å². The molecule has 0 saturated heterocycles. The summed E-state index contributed by atoms with van der Waals surface area (Å²) in [6.07, 6.45) is 1.22. The second kappa shape index (κ2) is 7.32. The molecule has 2 aromatic carbocycles. The van der Waals surface area contributed by atoms with Gasteiger partial charge in [0.15, 0.2) is 0 Å². The number of aliphatic hydroxyl groups is 1. The van der Waals surface area contributed by atoms with Crippen LogP contribution in [0.4, 0.5) is 0 Å². The minimum absolute atomic E-state index is 0.296. The lowest BCUT2D eigenvalue weighted by molar-refractivity contribution is 0.171. The Morgan fingerprint density at radius 2 is 1.62 bits per heavy atom. The van der Waals surface area contributed by atoms with E-state index < -0.39 is 11.7 Å². The molecule has 3 N–H and O–H groups in total. The molecule has 0 amide bonds. The van der Waals surface area contributed by atoms with E-state index in [-0.39, 0.29) is 0 Å². The van der Waals surface area contributed by atoms with Gasteiger partial charge in [0.1, 0.15) is 0 Å². The van der Waals surface area contributed by atoms with Crippen molar-refractivity contribution in [3.63, 3.8) is 0 Å². The first-order valence-corrected chi connectivity index (χ1v) is 10.1. The Bertz CT molecular complexity index is 1130. The molecule has 4 rings (SSSR count). The highest BCUT2D eigenvalue weighted by Gasteiger charge is 2.27. The van der Waals surface area contributed by atoms with Gasteiger partial charge in [-0.25, -0.2) is 0 Å². The molecule has 29 heavy (non-hydrogen) atoms. The van der Waals surface area contributed by atoms with Gasteiger partial charge in [0, 0.05) is 24.0 Å². The van der Waals surface area contributed by atoms with Crippen LogP contribution in [-0.2, 0) is 12.8 Å². The lowest BCUT2D eigenvalue weighted by Gasteiger charge is -2.18. The molecule has 3 aromatic rings. The van der Waals surface area contributed by atoms with Crippen LogP contribution in [0.2, 0.25) is 0 Å². The van der Waals surface area contributed by atoms with Gasteiger partial charge in [-0.15, -0.1) is 4.73 Å². The summed E-state index contributed by atoms with van der Waals surface area (Å²) in [6, 6.07) is 8.52. The molecule has 5 heteroatoms. The largest absolute Gasteiger partial charge is 0.425 e. The molecule has 5 nitrogen and oxygen atoms in total. The zero-order valence-electron chi connectivity index (χ0n) is 17.4. The number of hydrogen-bond acceptors (Lipinski definition) is 4. The van der Waals surface area contributed by atoms with E-state index in [0.717, 1.165) is 12.8 Å². The van der Waals surface area contributed by atoms with Crippen molar-refractivity contribution < 1.29 is 10.3 Å². The van der Waals surface area contributed by atoms with Crippen LogP contribution < -0.4 is 10.9 Å². The third-order valence-electron chi connectivity index (χ3n) is 6.76. The van der Waals surface area contributed by atoms with Crippen molar-refractivity contribution in [2.45, 2.75) is 52.7 Å². The molecular formula is C24H28N2O3. The van der Waals surface area contributed by atoms with Crippen LogP contribution >= 0.6 is 0 Å². The highest BCUT2D eigenvalue weighted by atomic mass is 16.5. The molecule has 0 unspecified atom stereocenters. The number of pyridine rings is 1. The highest BCUT2D eigenvalue weighted by molar-refractivity contribution is 5.82. The molecule has 0 spiro atoms. The molecule has 1 heterocycles. The van der Waals surface area contributed by atoms with E-state index in [0.29, 0.717) is 33.8 Å². The first kappa shape index (κ1) is 19.7. The topological polar surface area (TPSA) is 74.5 Å². The summed E-state index contributed by atoms with van der Waals surface area (Å²) in [6.45, 7) is 9.23. The smallest absolute Gasteiger partial charge is 0.283 e. The summed E-state index contributed by atoms with van der Waals surface area (Å²) in [7, 11) is 0. The fourth-order valence-corrected chi connectivity index (χ4v) is 4.69. The van der Waals surface area contributed by atoms with Crippen molar-refractivity contribution in [1.29, 1.82) is 0 Å². The maximum atomic E-state index is 11.7. The van der Waals surface area contributed by atoms with Crippen LogP contribution in [0.1, 0.15) is 45.0 Å². The summed E-state index contributed by atoms with van der Waals surface area (Å²) in [5, 5.41) is 25.0. The van der Waals surface area contributed by atoms with E-state index in [9.17, 15) is 15.1 Å². The van der Waals surface area contributed by atoms with Crippen molar-refractivity contribution in [3.05, 3.63) is 79.6 Å². The molecule has 0 aliphatic heterocycles. The van der Waals surface area contributed by atoms with Crippen molar-refractivity contribution >= 4 is 10.9 Å². The first-order valence-electron chi connectivity index (χ1n) is 10.1. The average molecular weight is 392 g/mol. The van der Waals surface area contributed by atoms with Crippen molar-refractivity contribution in [2.24, 2.45) is 0 Å². The average Bonchev–Trinajstić information content (AvgIpc) is 3.16. The molecular weight excluding hydrogens is 364 g/mol. The SMILES string of the molecule is Cc1c(C)c(C)c2c(c1C)CC(NC[C@@H](O)c1cccc3c1ccc(=O)n3O)C2. The number of hydrogen-bond donors (Lipinski definition) is 3. The Morgan fingerprint density at radius 1 is 1.00 bits per heavy atom. The maximum Gasteiger partial charge on any atom is 0.283 e. The molecule has 1 aliphatic rings. The summed E-state index contributed by atoms with van der Waals surface area (Å²) in [4.78, 5) is 11.7. The molecule has 1 aromatic heterocycles. The zero-order chi connectivity index (χ0) is 20.9. The van der Waals surface area contributed by atoms with Gasteiger partial charge in [-0.1, -0.05) is 12.1 Å². The van der Waals surface area contributed by atoms with Gasteiger partial charge < -0.3 is 15.6 Å². The quantitative estimate of drug-likeness (QED) is 0.596. The van der Waals surface area contributed by atoms with Gasteiger partial charge in [-0.3, -0.25) is 4.79 Å². The first-order chi connectivity index (χ1) is 13.8. The molecule has 0 saturated carbocycles. The van der Waals surface area contributed by atoms with E-state index in [1.165, 1.54) is 39.4 Å². The van der Waals surface area contributed by atoms with Crippen LogP contribution in [0.5, 0.6) is 0 Å². The number of nitrogens with zero attached hydrogens (tertiary/aromatic N) is 1. The monoisotopic (exact) mass is 392 g/mol. The van der Waals surface area contributed by atoms with Gasteiger partial charge in [0.2, 0.25) is 0 Å². The normalized spacial score (nSPS) is 15.1. The Morgan fingerprint density at radius 3 is 2.24 bits per heavy atom. The third kappa shape index (κ3) is 3.24. The number of fused-ring (bicyclic) bond motifs is 2. The molecule has 1 aliphatic carbocycles. The van der Waals surface area contributed by atoms with E-state index in [2.05, 4.69) is 33.0 Å². The zero-order valence-corrected chi connectivity index (χ0v) is 17.4. The van der Waals surface area contributed by atoms with Crippen molar-refractivity contribution in [2.75, 3.05) is 6.54 Å². The maximum absolute atomic E-state index is 11.7. The summed E-state index contributed by atoms with van der Waals surface area (Å²) in [5.74, 6) is 0. The summed E-state index contributed by atoms with van der Waals surface area (Å²) >= 11 is 0. The predicted molar refractivity (Wildman–Crippen MR) is 115 cm³/mol. The molecule has 1 atom stereocenters. The van der Waals surface area contributed by atoms with Crippen LogP contribution in [0.15, 0.2) is 35.1 Å². The number of aromatic nitrogens is 1. The second-order valence-electron chi connectivity index (χ2n) is 8.25. The van der Waals surface area contributed by atoms with E-state index >= 15 is 0 Å². The third-order valence-corrected chi connectivity index (χ3v) is 6.76. The van der Waals surface area contributed by atoms with Crippen molar-refractivity contribution in [1.82, 2.24) is 10.0 Å². The summed E-state index contributed by atoms with van der Waals surface area (Å²) in [5.41, 5.74) is 9.07. The Balaban J connectivity index is 1.53. The molecule has 0 bridgehead atoms. The van der Waals surface area contributed by atoms with E-state index in [1.54, 1.807) is 18.2 Å². The minimum Gasteiger partial charge on any atom is -0.425 e. The fraction of sp³-hybridized carbons (Fsp3) is 0.375. The van der Waals surface area contributed by atoms with E-state index in [4.69, 9.17) is 0 Å². The summed E-state index contributed by atoms with van der Waals surface area (Å²) < 4.78 is 0.628. The minimum atomic E-state index is -0.731. The number of benzene rings is 2. The molecule has 0 fully saturated rings. The molecule has 152 valence electrons. The predicted octanol–water partition coefficient (Wildman–Crippen LogP) is 3.26. The van der Waals surface area contributed by atoms with Crippen LogP contribution in [0, 0.1) is 27.7 Å². The van der Waals surface area contributed by atoms with Gasteiger partial charge in [0.25, 0.3) is 5.56 Å².